The van der Waals surface area contributed by atoms with Crippen molar-refractivity contribution < 1.29 is 19.1 Å². The van der Waals surface area contributed by atoms with Crippen LogP contribution in [0, 0.1) is 13.8 Å². The highest BCUT2D eigenvalue weighted by Gasteiger charge is 2.09. The quantitative estimate of drug-likeness (QED) is 0.716. The Balaban J connectivity index is 2.42. The van der Waals surface area contributed by atoms with Gasteiger partial charge in [-0.1, -0.05) is 17.2 Å². The number of hydrogen-bond donors (Lipinski definition) is 3. The van der Waals surface area contributed by atoms with Crippen LogP contribution >= 0.6 is 0 Å². The molecular formula is C14H19N3O4. The first kappa shape index (κ1) is 16.5. The number of carbonyl (C=O) groups excluding carboxylic acids is 3. The van der Waals surface area contributed by atoms with E-state index in [4.69, 9.17) is 0 Å². The van der Waals surface area contributed by atoms with Crippen LogP contribution in [0.5, 0.6) is 0 Å². The van der Waals surface area contributed by atoms with E-state index in [1.807, 2.05) is 19.9 Å². The zero-order valence-corrected chi connectivity index (χ0v) is 12.3. The van der Waals surface area contributed by atoms with Gasteiger partial charge in [-0.15, -0.1) is 0 Å². The van der Waals surface area contributed by atoms with Crippen molar-refractivity contribution in [1.29, 1.82) is 0 Å². The molecule has 0 spiro atoms. The molecule has 1 aromatic rings. The number of carbonyl (C=O) groups is 3. The highest BCUT2D eigenvalue weighted by molar-refractivity contribution is 5.96. The molecule has 21 heavy (non-hydrogen) atoms. The van der Waals surface area contributed by atoms with E-state index in [0.717, 1.165) is 11.1 Å². The fourth-order valence-electron chi connectivity index (χ4n) is 1.70. The van der Waals surface area contributed by atoms with Gasteiger partial charge in [-0.2, -0.15) is 0 Å². The van der Waals surface area contributed by atoms with Gasteiger partial charge in [-0.3, -0.25) is 15.0 Å². The molecule has 0 radical (unpaired) electrons. The van der Waals surface area contributed by atoms with Crippen molar-refractivity contribution in [3.8, 4) is 0 Å². The molecule has 1 aromatic carbocycles. The zero-order chi connectivity index (χ0) is 15.8. The fraction of sp³-hybridized carbons (Fsp3) is 0.357. The molecule has 0 aliphatic rings. The first-order valence-corrected chi connectivity index (χ1v) is 6.50. The Kier molecular flexibility index (Phi) is 6.19. The van der Waals surface area contributed by atoms with Gasteiger partial charge < -0.3 is 10.1 Å². The highest BCUT2D eigenvalue weighted by Crippen LogP contribution is 2.08. The molecule has 1 rings (SSSR count). The maximum absolute atomic E-state index is 11.9. The lowest BCUT2D eigenvalue weighted by molar-refractivity contribution is -0.121. The van der Waals surface area contributed by atoms with E-state index < -0.39 is 12.0 Å². The van der Waals surface area contributed by atoms with Crippen molar-refractivity contribution in [3.63, 3.8) is 0 Å². The summed E-state index contributed by atoms with van der Waals surface area (Å²) in [4.78, 5) is 34.3. The Morgan fingerprint density at radius 3 is 2.24 bits per heavy atom. The van der Waals surface area contributed by atoms with Gasteiger partial charge in [0.25, 0.3) is 11.8 Å². The van der Waals surface area contributed by atoms with E-state index in [0.29, 0.717) is 5.56 Å². The van der Waals surface area contributed by atoms with E-state index in [2.05, 4.69) is 20.9 Å². The third kappa shape index (κ3) is 5.94. The second kappa shape index (κ2) is 7.88. The monoisotopic (exact) mass is 293 g/mol. The second-order valence-electron chi connectivity index (χ2n) is 4.45. The number of amides is 3. The SMILES string of the molecule is CCOC(=O)NNC(=O)CNC(=O)c1cc(C)cc(C)c1. The average Bonchev–Trinajstić information content (AvgIpc) is 2.41. The lowest BCUT2D eigenvalue weighted by Crippen LogP contribution is -2.46. The predicted octanol–water partition coefficient (Wildman–Crippen LogP) is 0.811. The van der Waals surface area contributed by atoms with Gasteiger partial charge in [0.2, 0.25) is 0 Å². The molecule has 0 heterocycles. The van der Waals surface area contributed by atoms with Gasteiger partial charge in [-0.25, -0.2) is 10.2 Å². The van der Waals surface area contributed by atoms with Crippen LogP contribution in [0.2, 0.25) is 0 Å². The van der Waals surface area contributed by atoms with Gasteiger partial charge in [0.15, 0.2) is 0 Å². The molecule has 0 saturated carbocycles. The van der Waals surface area contributed by atoms with Crippen LogP contribution in [0.1, 0.15) is 28.4 Å². The molecule has 0 atom stereocenters. The summed E-state index contributed by atoms with van der Waals surface area (Å²) in [5.74, 6) is -0.908. The van der Waals surface area contributed by atoms with Crippen molar-refractivity contribution in [3.05, 3.63) is 34.9 Å². The van der Waals surface area contributed by atoms with Gasteiger partial charge in [0.1, 0.15) is 0 Å². The van der Waals surface area contributed by atoms with Crippen LogP contribution in [0.25, 0.3) is 0 Å². The minimum absolute atomic E-state index is 0.200. The Hall–Kier alpha value is -2.57. The van der Waals surface area contributed by atoms with Gasteiger partial charge in [0.05, 0.1) is 13.2 Å². The van der Waals surface area contributed by atoms with Crippen LogP contribution in [-0.2, 0) is 9.53 Å². The minimum Gasteiger partial charge on any atom is -0.449 e. The van der Waals surface area contributed by atoms with Gasteiger partial charge in [0, 0.05) is 5.56 Å². The molecule has 0 aliphatic carbocycles. The number of hydrogen-bond acceptors (Lipinski definition) is 4. The lowest BCUT2D eigenvalue weighted by Gasteiger charge is -2.09. The van der Waals surface area contributed by atoms with E-state index in [1.54, 1.807) is 19.1 Å². The molecule has 3 N–H and O–H groups in total. The highest BCUT2D eigenvalue weighted by atomic mass is 16.5. The molecule has 0 aromatic heterocycles. The van der Waals surface area contributed by atoms with Crippen LogP contribution in [-0.4, -0.2) is 31.1 Å². The fourth-order valence-corrected chi connectivity index (χ4v) is 1.70. The summed E-state index contributed by atoms with van der Waals surface area (Å²) < 4.78 is 4.56. The summed E-state index contributed by atoms with van der Waals surface area (Å²) in [6.45, 7) is 5.37. The van der Waals surface area contributed by atoms with Crippen LogP contribution in [0.3, 0.4) is 0 Å². The molecular weight excluding hydrogens is 274 g/mol. The molecule has 114 valence electrons. The molecule has 3 amide bonds. The first-order chi connectivity index (χ1) is 9.92. The summed E-state index contributed by atoms with van der Waals surface area (Å²) in [6, 6.07) is 5.42. The Bertz CT molecular complexity index is 523. The van der Waals surface area contributed by atoms with Gasteiger partial charge >= 0.3 is 6.09 Å². The molecule has 0 bridgehead atoms. The summed E-state index contributed by atoms with van der Waals surface area (Å²) in [6.07, 6.45) is -0.758. The van der Waals surface area contributed by atoms with Crippen molar-refractivity contribution >= 4 is 17.9 Å². The third-order valence-electron chi connectivity index (χ3n) is 2.47. The van der Waals surface area contributed by atoms with Crippen LogP contribution < -0.4 is 16.2 Å². The second-order valence-corrected chi connectivity index (χ2v) is 4.45. The van der Waals surface area contributed by atoms with E-state index in [9.17, 15) is 14.4 Å². The lowest BCUT2D eigenvalue weighted by atomic mass is 10.1. The molecule has 0 aliphatic heterocycles. The van der Waals surface area contributed by atoms with E-state index >= 15 is 0 Å². The smallest absolute Gasteiger partial charge is 0.426 e. The van der Waals surface area contributed by atoms with E-state index in [1.165, 1.54) is 0 Å². The maximum Gasteiger partial charge on any atom is 0.426 e. The third-order valence-corrected chi connectivity index (χ3v) is 2.47. The summed E-state index contributed by atoms with van der Waals surface area (Å²) in [5.41, 5.74) is 6.59. The topological polar surface area (TPSA) is 96.5 Å². The zero-order valence-electron chi connectivity index (χ0n) is 12.3. The molecule has 7 heteroatoms. The van der Waals surface area contributed by atoms with Crippen molar-refractivity contribution in [2.75, 3.05) is 13.2 Å². The number of nitrogens with one attached hydrogen (secondary N) is 3. The Morgan fingerprint density at radius 1 is 1.05 bits per heavy atom. The number of hydrazine groups is 1. The molecule has 7 nitrogen and oxygen atoms in total. The van der Waals surface area contributed by atoms with Crippen LogP contribution in [0.4, 0.5) is 4.79 Å². The van der Waals surface area contributed by atoms with Crippen molar-refractivity contribution in [2.45, 2.75) is 20.8 Å². The number of ether oxygens (including phenoxy) is 1. The molecule has 0 saturated heterocycles. The predicted molar refractivity (Wildman–Crippen MR) is 76.5 cm³/mol. The summed E-state index contributed by atoms with van der Waals surface area (Å²) in [5, 5.41) is 2.47. The summed E-state index contributed by atoms with van der Waals surface area (Å²) >= 11 is 0. The number of rotatable bonds is 4. The maximum atomic E-state index is 11.9. The number of aryl methyl sites for hydroxylation is 2. The van der Waals surface area contributed by atoms with Crippen molar-refractivity contribution in [1.82, 2.24) is 16.2 Å². The average molecular weight is 293 g/mol. The molecule has 0 unspecified atom stereocenters. The normalized spacial score (nSPS) is 9.67. The van der Waals surface area contributed by atoms with Crippen LogP contribution in [0.15, 0.2) is 18.2 Å². The first-order valence-electron chi connectivity index (χ1n) is 6.50. The van der Waals surface area contributed by atoms with Crippen molar-refractivity contribution in [2.24, 2.45) is 0 Å². The summed E-state index contributed by atoms with van der Waals surface area (Å²) in [7, 11) is 0. The van der Waals surface area contributed by atoms with E-state index in [-0.39, 0.29) is 19.1 Å². The largest absolute Gasteiger partial charge is 0.449 e. The van der Waals surface area contributed by atoms with Gasteiger partial charge in [-0.05, 0) is 32.9 Å². The Labute approximate surface area is 123 Å². The number of benzene rings is 1. The standard InChI is InChI=1S/C14H19N3O4/c1-4-21-14(20)17-16-12(18)8-15-13(19)11-6-9(2)5-10(3)7-11/h5-7H,4,8H2,1-3H3,(H,15,19)(H,16,18)(H,17,20). The Morgan fingerprint density at radius 2 is 1.67 bits per heavy atom. The molecule has 0 fully saturated rings. The minimum atomic E-state index is -0.758.